The van der Waals surface area contributed by atoms with E-state index in [0.29, 0.717) is 25.1 Å². The van der Waals surface area contributed by atoms with E-state index in [1.807, 2.05) is 6.92 Å². The number of hydrogen-bond acceptors (Lipinski definition) is 3. The third-order valence-corrected chi connectivity index (χ3v) is 3.52. The number of amides is 1. The van der Waals surface area contributed by atoms with Gasteiger partial charge in [0.15, 0.2) is 0 Å². The van der Waals surface area contributed by atoms with Crippen LogP contribution in [0.25, 0.3) is 0 Å². The van der Waals surface area contributed by atoms with E-state index < -0.39 is 17.8 Å². The highest BCUT2D eigenvalue weighted by Gasteiger charge is 2.41. The van der Waals surface area contributed by atoms with Crippen LogP contribution in [0.5, 0.6) is 0 Å². The van der Waals surface area contributed by atoms with Crippen LogP contribution >= 0.6 is 0 Å². The highest BCUT2D eigenvalue weighted by Crippen LogP contribution is 2.35. The summed E-state index contributed by atoms with van der Waals surface area (Å²) in [6, 6.07) is 2.91. The number of aliphatic carboxylic acids is 1. The van der Waals surface area contributed by atoms with Gasteiger partial charge in [0.25, 0.3) is 5.56 Å². The molecule has 0 aromatic carbocycles. The van der Waals surface area contributed by atoms with Crippen LogP contribution in [0.4, 0.5) is 5.69 Å². The quantitative estimate of drug-likeness (QED) is 0.846. The van der Waals surface area contributed by atoms with E-state index in [4.69, 9.17) is 5.11 Å². The summed E-state index contributed by atoms with van der Waals surface area (Å²) in [6.07, 6.45) is 2.70. The van der Waals surface area contributed by atoms with Gasteiger partial charge in [0.05, 0.1) is 17.5 Å². The van der Waals surface area contributed by atoms with Crippen LogP contribution in [0.1, 0.15) is 19.8 Å². The first-order valence-electron chi connectivity index (χ1n) is 6.27. The van der Waals surface area contributed by atoms with Crippen molar-refractivity contribution in [1.29, 1.82) is 0 Å². The SMILES string of the molecule is CCn1cc(NC(=O)C2CCC2C(=O)O)ccc1=O. The molecule has 1 aromatic rings. The van der Waals surface area contributed by atoms with Crippen molar-refractivity contribution in [1.82, 2.24) is 4.57 Å². The molecule has 2 N–H and O–H groups in total. The predicted octanol–water partition coefficient (Wildman–Crippen LogP) is 0.917. The summed E-state index contributed by atoms with van der Waals surface area (Å²) in [4.78, 5) is 34.2. The smallest absolute Gasteiger partial charge is 0.307 e. The second-order valence-electron chi connectivity index (χ2n) is 4.66. The minimum absolute atomic E-state index is 0.132. The Kier molecular flexibility index (Phi) is 3.69. The summed E-state index contributed by atoms with van der Waals surface area (Å²) in [5.74, 6) is -2.28. The summed E-state index contributed by atoms with van der Waals surface area (Å²) in [7, 11) is 0. The molecule has 6 heteroatoms. The molecule has 2 rings (SSSR count). The Morgan fingerprint density at radius 3 is 2.58 bits per heavy atom. The van der Waals surface area contributed by atoms with Gasteiger partial charge in [0.1, 0.15) is 0 Å². The lowest BCUT2D eigenvalue weighted by Gasteiger charge is -2.31. The van der Waals surface area contributed by atoms with Crippen molar-refractivity contribution in [2.45, 2.75) is 26.3 Å². The summed E-state index contributed by atoms with van der Waals surface area (Å²) >= 11 is 0. The molecule has 1 aliphatic rings. The number of carboxylic acids is 1. The zero-order valence-electron chi connectivity index (χ0n) is 10.6. The van der Waals surface area contributed by atoms with Crippen LogP contribution in [0.3, 0.4) is 0 Å². The molecule has 2 atom stereocenters. The second-order valence-corrected chi connectivity index (χ2v) is 4.66. The minimum Gasteiger partial charge on any atom is -0.481 e. The van der Waals surface area contributed by atoms with Gasteiger partial charge in [-0.05, 0) is 25.8 Å². The van der Waals surface area contributed by atoms with Gasteiger partial charge in [-0.3, -0.25) is 14.4 Å². The molecule has 102 valence electrons. The fraction of sp³-hybridized carbons (Fsp3) is 0.462. The van der Waals surface area contributed by atoms with Crippen LogP contribution in [0.2, 0.25) is 0 Å². The number of rotatable bonds is 4. The standard InChI is InChI=1S/C13H16N2O4/c1-2-15-7-8(3-6-11(15)16)14-12(17)9-4-5-10(9)13(18)19/h3,6-7,9-10H,2,4-5H2,1H3,(H,14,17)(H,18,19). The van der Waals surface area contributed by atoms with Gasteiger partial charge in [-0.15, -0.1) is 0 Å². The lowest BCUT2D eigenvalue weighted by atomic mass is 9.73. The number of nitrogens with zero attached hydrogens (tertiary/aromatic N) is 1. The normalized spacial score (nSPS) is 21.5. The first-order valence-corrected chi connectivity index (χ1v) is 6.27. The number of hydrogen-bond donors (Lipinski definition) is 2. The molecular formula is C13H16N2O4. The second kappa shape index (κ2) is 5.26. The molecule has 6 nitrogen and oxygen atoms in total. The Balaban J connectivity index is 2.07. The number of carbonyl (C=O) groups is 2. The highest BCUT2D eigenvalue weighted by atomic mass is 16.4. The third-order valence-electron chi connectivity index (χ3n) is 3.52. The van der Waals surface area contributed by atoms with E-state index in [2.05, 4.69) is 5.32 Å². The molecule has 1 heterocycles. The Labute approximate surface area is 110 Å². The molecule has 0 bridgehead atoms. The van der Waals surface area contributed by atoms with Crippen LogP contribution in [0, 0.1) is 11.8 Å². The highest BCUT2D eigenvalue weighted by molar-refractivity contribution is 5.95. The van der Waals surface area contributed by atoms with Gasteiger partial charge in [-0.25, -0.2) is 0 Å². The Morgan fingerprint density at radius 1 is 1.37 bits per heavy atom. The molecule has 1 fully saturated rings. The van der Waals surface area contributed by atoms with Crippen LogP contribution in [-0.4, -0.2) is 21.6 Å². The number of aromatic nitrogens is 1. The van der Waals surface area contributed by atoms with Crippen LogP contribution in [-0.2, 0) is 16.1 Å². The molecule has 0 aliphatic heterocycles. The van der Waals surface area contributed by atoms with Crippen LogP contribution in [0.15, 0.2) is 23.1 Å². The molecule has 1 aromatic heterocycles. The fourth-order valence-corrected chi connectivity index (χ4v) is 2.20. The van der Waals surface area contributed by atoms with E-state index in [0.717, 1.165) is 0 Å². The molecule has 1 saturated carbocycles. The fourth-order valence-electron chi connectivity index (χ4n) is 2.20. The number of carboxylic acid groups (broad SMARTS) is 1. The third kappa shape index (κ3) is 2.67. The molecule has 1 aliphatic carbocycles. The predicted molar refractivity (Wildman–Crippen MR) is 68.9 cm³/mol. The lowest BCUT2D eigenvalue weighted by Crippen LogP contribution is -2.41. The molecule has 0 saturated heterocycles. The van der Waals surface area contributed by atoms with E-state index in [-0.39, 0.29) is 11.5 Å². The largest absolute Gasteiger partial charge is 0.481 e. The van der Waals surface area contributed by atoms with E-state index in [1.165, 1.54) is 16.7 Å². The van der Waals surface area contributed by atoms with E-state index >= 15 is 0 Å². The maximum atomic E-state index is 11.9. The first kappa shape index (κ1) is 13.3. The van der Waals surface area contributed by atoms with Gasteiger partial charge < -0.3 is 15.0 Å². The zero-order valence-corrected chi connectivity index (χ0v) is 10.6. The van der Waals surface area contributed by atoms with Gasteiger partial charge in [-0.1, -0.05) is 0 Å². The van der Waals surface area contributed by atoms with Gasteiger partial charge in [-0.2, -0.15) is 0 Å². The number of anilines is 1. The summed E-state index contributed by atoms with van der Waals surface area (Å²) in [5, 5.41) is 11.6. The van der Waals surface area contributed by atoms with Gasteiger partial charge >= 0.3 is 5.97 Å². The summed E-state index contributed by atoms with van der Waals surface area (Å²) in [6.45, 7) is 2.35. The number of carbonyl (C=O) groups excluding carboxylic acids is 1. The maximum absolute atomic E-state index is 11.9. The molecular weight excluding hydrogens is 248 g/mol. The monoisotopic (exact) mass is 264 g/mol. The molecule has 0 radical (unpaired) electrons. The van der Waals surface area contributed by atoms with Gasteiger partial charge in [0, 0.05) is 18.8 Å². The lowest BCUT2D eigenvalue weighted by molar-refractivity contribution is -0.151. The van der Waals surface area contributed by atoms with Crippen molar-refractivity contribution in [2.75, 3.05) is 5.32 Å². The first-order chi connectivity index (χ1) is 9.02. The molecule has 19 heavy (non-hydrogen) atoms. The van der Waals surface area contributed by atoms with Crippen molar-refractivity contribution in [3.8, 4) is 0 Å². The molecule has 1 amide bonds. The maximum Gasteiger partial charge on any atom is 0.307 e. The Hall–Kier alpha value is -2.11. The Morgan fingerprint density at radius 2 is 2.05 bits per heavy atom. The number of pyridine rings is 1. The number of nitrogens with one attached hydrogen (secondary N) is 1. The summed E-state index contributed by atoms with van der Waals surface area (Å²) in [5.41, 5.74) is 0.384. The average molecular weight is 264 g/mol. The van der Waals surface area contributed by atoms with Crippen molar-refractivity contribution < 1.29 is 14.7 Å². The van der Waals surface area contributed by atoms with E-state index in [1.54, 1.807) is 6.20 Å². The summed E-state index contributed by atoms with van der Waals surface area (Å²) < 4.78 is 1.48. The van der Waals surface area contributed by atoms with Crippen molar-refractivity contribution in [3.05, 3.63) is 28.7 Å². The van der Waals surface area contributed by atoms with Crippen molar-refractivity contribution in [2.24, 2.45) is 11.8 Å². The van der Waals surface area contributed by atoms with Gasteiger partial charge in [0.2, 0.25) is 5.91 Å². The molecule has 0 spiro atoms. The van der Waals surface area contributed by atoms with E-state index in [9.17, 15) is 14.4 Å². The topological polar surface area (TPSA) is 88.4 Å². The average Bonchev–Trinajstić information content (AvgIpc) is 2.29. The zero-order chi connectivity index (χ0) is 14.0. The van der Waals surface area contributed by atoms with Crippen LogP contribution < -0.4 is 10.9 Å². The van der Waals surface area contributed by atoms with Crippen molar-refractivity contribution in [3.63, 3.8) is 0 Å². The minimum atomic E-state index is -0.926. The number of aryl methyl sites for hydroxylation is 1. The molecule has 2 unspecified atom stereocenters. The van der Waals surface area contributed by atoms with Crippen molar-refractivity contribution >= 4 is 17.6 Å². The Bertz CT molecular complexity index is 564.